The van der Waals surface area contributed by atoms with Crippen LogP contribution >= 0.6 is 15.2 Å². The summed E-state index contributed by atoms with van der Waals surface area (Å²) in [4.78, 5) is 35.6. The van der Waals surface area contributed by atoms with Gasteiger partial charge in [0, 0.05) is 12.1 Å². The quantitative estimate of drug-likeness (QED) is 0.213. The summed E-state index contributed by atoms with van der Waals surface area (Å²) in [5.74, 6) is 0. The minimum absolute atomic E-state index is 0.105. The van der Waals surface area contributed by atoms with Crippen molar-refractivity contribution in [2.45, 2.75) is 50.5 Å². The van der Waals surface area contributed by atoms with Crippen LogP contribution < -0.4 is 0 Å². The zero-order valence-corrected chi connectivity index (χ0v) is 12.5. The van der Waals surface area contributed by atoms with Crippen LogP contribution in [0.5, 0.6) is 0 Å². The highest BCUT2D eigenvalue weighted by atomic mass is 31.2. The number of hydrogen-bond acceptors (Lipinski definition) is 4. The molecule has 114 valence electrons. The zero-order chi connectivity index (χ0) is 15.3. The highest BCUT2D eigenvalue weighted by Crippen LogP contribution is 2.69. The van der Waals surface area contributed by atoms with E-state index in [0.29, 0.717) is 6.42 Å². The van der Waals surface area contributed by atoms with E-state index < -0.39 is 26.7 Å². The van der Waals surface area contributed by atoms with E-state index in [2.05, 4.69) is 0 Å². The Morgan fingerprint density at radius 1 is 1.05 bits per heavy atom. The molecule has 0 radical (unpaired) electrons. The molecule has 0 aliphatic rings. The zero-order valence-electron chi connectivity index (χ0n) is 10.7. The lowest BCUT2D eigenvalue weighted by Crippen LogP contribution is -2.29. The maximum Gasteiger partial charge on any atom is 0.369 e. The molecule has 0 heterocycles. The van der Waals surface area contributed by atoms with E-state index in [1.807, 2.05) is 6.92 Å². The molecule has 0 aromatic rings. The Kier molecular flexibility index (Phi) is 7.06. The average Bonchev–Trinajstić information content (AvgIpc) is 2.23. The molecule has 0 saturated carbocycles. The van der Waals surface area contributed by atoms with Crippen molar-refractivity contribution in [1.82, 2.24) is 0 Å². The summed E-state index contributed by atoms with van der Waals surface area (Å²) in [5, 5.41) is 13.7. The topological polar surface area (TPSA) is 159 Å². The maximum atomic E-state index is 11.1. The minimum atomic E-state index is -5.40. The second-order valence-electron chi connectivity index (χ2n) is 4.42. The van der Waals surface area contributed by atoms with E-state index in [1.165, 1.54) is 0 Å². The van der Waals surface area contributed by atoms with Crippen molar-refractivity contribution < 1.29 is 33.8 Å². The molecule has 0 spiro atoms. The molecule has 0 aromatic carbocycles. The Labute approximate surface area is 111 Å². The molecule has 0 bridgehead atoms. The highest BCUT2D eigenvalue weighted by molar-refractivity contribution is 7.72. The Balaban J connectivity index is 4.68. The average molecular weight is 317 g/mol. The number of rotatable bonds is 9. The van der Waals surface area contributed by atoms with Crippen molar-refractivity contribution >= 4 is 20.9 Å². The monoisotopic (exact) mass is 317 g/mol. The third kappa shape index (κ3) is 5.44. The summed E-state index contributed by atoms with van der Waals surface area (Å²) in [6, 6.07) is 0. The van der Waals surface area contributed by atoms with Gasteiger partial charge in [0.25, 0.3) is 5.08 Å². The fourth-order valence-electron chi connectivity index (χ4n) is 1.49. The first-order valence-electron chi connectivity index (χ1n) is 5.85. The SMILES string of the molecule is CCCCCC(=N)CCC(O)(P(=O)(O)O)P(=O)(O)O. The first-order chi connectivity index (χ1) is 8.45. The van der Waals surface area contributed by atoms with Crippen LogP contribution in [0.25, 0.3) is 0 Å². The van der Waals surface area contributed by atoms with Gasteiger partial charge in [-0.15, -0.1) is 0 Å². The molecular weight excluding hydrogens is 296 g/mol. The van der Waals surface area contributed by atoms with Crippen LogP contribution in [0, 0.1) is 5.41 Å². The van der Waals surface area contributed by atoms with Gasteiger partial charge in [0.1, 0.15) is 0 Å². The second kappa shape index (κ2) is 7.09. The van der Waals surface area contributed by atoms with E-state index >= 15 is 0 Å². The standard InChI is InChI=1S/C9H21NO7P2/c1-2-3-4-5-8(10)6-7-9(11,18(12,13)14)19(15,16)17/h10-11H,2-7H2,1H3,(H2,12,13,14)(H2,15,16,17). The first kappa shape index (κ1) is 18.9. The molecule has 10 heteroatoms. The summed E-state index contributed by atoms with van der Waals surface area (Å²) in [7, 11) is -10.8. The number of unbranched alkanes of at least 4 members (excludes halogenated alkanes) is 2. The molecule has 0 fully saturated rings. The summed E-state index contributed by atoms with van der Waals surface area (Å²) in [6.07, 6.45) is 1.83. The lowest BCUT2D eigenvalue weighted by atomic mass is 10.1. The van der Waals surface area contributed by atoms with E-state index in [0.717, 1.165) is 19.3 Å². The Hall–Kier alpha value is -0.0700. The smallest absolute Gasteiger partial charge is 0.368 e. The van der Waals surface area contributed by atoms with Gasteiger partial charge in [-0.1, -0.05) is 19.8 Å². The van der Waals surface area contributed by atoms with Crippen molar-refractivity contribution in [1.29, 1.82) is 5.41 Å². The van der Waals surface area contributed by atoms with Crippen LogP contribution in [0.4, 0.5) is 0 Å². The molecule has 0 aromatic heterocycles. The summed E-state index contributed by atoms with van der Waals surface area (Å²) >= 11 is 0. The van der Waals surface area contributed by atoms with Crippen molar-refractivity contribution in [3.63, 3.8) is 0 Å². The van der Waals surface area contributed by atoms with Crippen molar-refractivity contribution in [3.05, 3.63) is 0 Å². The van der Waals surface area contributed by atoms with Gasteiger partial charge >= 0.3 is 15.2 Å². The molecule has 0 aliphatic carbocycles. The number of hydrogen-bond donors (Lipinski definition) is 6. The van der Waals surface area contributed by atoms with E-state index in [1.54, 1.807) is 0 Å². The Morgan fingerprint density at radius 2 is 1.53 bits per heavy atom. The third-order valence-electron chi connectivity index (χ3n) is 2.78. The summed E-state index contributed by atoms with van der Waals surface area (Å²) in [6.45, 7) is 1.98. The van der Waals surface area contributed by atoms with Crippen LogP contribution in [0.2, 0.25) is 0 Å². The molecule has 0 unspecified atom stereocenters. The molecular formula is C9H21NO7P2. The van der Waals surface area contributed by atoms with Gasteiger partial charge in [-0.05, 0) is 19.3 Å². The van der Waals surface area contributed by atoms with Crippen LogP contribution in [0.15, 0.2) is 0 Å². The van der Waals surface area contributed by atoms with Crippen molar-refractivity contribution in [2.75, 3.05) is 0 Å². The molecule has 0 amide bonds. The fraction of sp³-hybridized carbons (Fsp3) is 0.889. The first-order valence-corrected chi connectivity index (χ1v) is 9.08. The summed E-state index contributed by atoms with van der Waals surface area (Å²) in [5.41, 5.74) is 0.105. The molecule has 0 aliphatic heterocycles. The number of nitrogens with one attached hydrogen (secondary N) is 1. The van der Waals surface area contributed by atoms with Crippen LogP contribution in [0.1, 0.15) is 45.4 Å². The predicted molar refractivity (Wildman–Crippen MR) is 70.1 cm³/mol. The normalized spacial score (nSPS) is 13.6. The lowest BCUT2D eigenvalue weighted by molar-refractivity contribution is 0.125. The van der Waals surface area contributed by atoms with Crippen LogP contribution in [0.3, 0.4) is 0 Å². The largest absolute Gasteiger partial charge is 0.369 e. The molecule has 0 rings (SSSR count). The van der Waals surface area contributed by atoms with Crippen molar-refractivity contribution in [3.8, 4) is 0 Å². The third-order valence-corrected chi connectivity index (χ3v) is 6.65. The van der Waals surface area contributed by atoms with Crippen LogP contribution in [-0.4, -0.2) is 35.5 Å². The van der Waals surface area contributed by atoms with Crippen molar-refractivity contribution in [2.24, 2.45) is 0 Å². The molecule has 8 nitrogen and oxygen atoms in total. The molecule has 0 saturated heterocycles. The fourth-order valence-corrected chi connectivity index (χ4v) is 3.66. The molecule has 19 heavy (non-hydrogen) atoms. The Morgan fingerprint density at radius 3 is 1.89 bits per heavy atom. The van der Waals surface area contributed by atoms with E-state index in [9.17, 15) is 14.2 Å². The van der Waals surface area contributed by atoms with E-state index in [4.69, 9.17) is 25.0 Å². The van der Waals surface area contributed by atoms with Crippen LogP contribution in [-0.2, 0) is 9.13 Å². The summed E-state index contributed by atoms with van der Waals surface area (Å²) < 4.78 is 22.1. The molecule has 6 N–H and O–H groups in total. The van der Waals surface area contributed by atoms with Gasteiger partial charge in [0.2, 0.25) is 0 Å². The minimum Gasteiger partial charge on any atom is -0.368 e. The second-order valence-corrected chi connectivity index (χ2v) is 8.43. The lowest BCUT2D eigenvalue weighted by Gasteiger charge is -2.29. The Bertz CT molecular complexity index is 377. The predicted octanol–water partition coefficient (Wildman–Crippen LogP) is 1.37. The number of aliphatic hydroxyl groups is 1. The van der Waals surface area contributed by atoms with Gasteiger partial charge in [0.15, 0.2) is 0 Å². The highest BCUT2D eigenvalue weighted by Gasteiger charge is 2.58. The maximum absolute atomic E-state index is 11.1. The van der Waals surface area contributed by atoms with Gasteiger partial charge in [0.05, 0.1) is 0 Å². The van der Waals surface area contributed by atoms with E-state index in [-0.39, 0.29) is 12.1 Å². The van der Waals surface area contributed by atoms with Gasteiger partial charge < -0.3 is 30.1 Å². The van der Waals surface area contributed by atoms with Gasteiger partial charge in [-0.25, -0.2) is 0 Å². The molecule has 0 atom stereocenters. The van der Waals surface area contributed by atoms with Gasteiger partial charge in [-0.2, -0.15) is 0 Å². The van der Waals surface area contributed by atoms with Gasteiger partial charge in [-0.3, -0.25) is 9.13 Å².